The Morgan fingerprint density at radius 3 is 2.54 bits per heavy atom. The number of aromatic nitrogens is 3. The molecule has 7 nitrogen and oxygen atoms in total. The minimum absolute atomic E-state index is 0.0232. The van der Waals surface area contributed by atoms with Gasteiger partial charge in [0.15, 0.2) is 11.5 Å². The molecule has 0 atom stereocenters. The van der Waals surface area contributed by atoms with Crippen molar-refractivity contribution >= 4 is 44.2 Å². The lowest BCUT2D eigenvalue weighted by Gasteiger charge is -2.00. The third kappa shape index (κ3) is 3.54. The van der Waals surface area contributed by atoms with E-state index in [4.69, 9.17) is 0 Å². The fourth-order valence-electron chi connectivity index (χ4n) is 2.73. The maximum Gasteiger partial charge on any atom is 0.220 e. The molecule has 0 unspecified atom stereocenters. The van der Waals surface area contributed by atoms with E-state index in [-0.39, 0.29) is 5.88 Å². The average Bonchev–Trinajstić information content (AvgIpc) is 2.96. The Bertz CT molecular complexity index is 1190. The van der Waals surface area contributed by atoms with Crippen molar-refractivity contribution in [2.45, 2.75) is 0 Å². The molecule has 28 heavy (non-hydrogen) atoms. The molecular weight excluding hydrogens is 420 g/mol. The quantitative estimate of drug-likeness (QED) is 0.269. The predicted octanol–water partition coefficient (Wildman–Crippen LogP) is 5.30. The molecule has 138 valence electrons. The van der Waals surface area contributed by atoms with Crippen LogP contribution in [0.4, 0.5) is 11.5 Å². The second-order valence-corrected chi connectivity index (χ2v) is 6.85. The summed E-state index contributed by atoms with van der Waals surface area (Å²) >= 11 is 3.46. The molecule has 0 saturated carbocycles. The fraction of sp³-hybridized carbons (Fsp3) is 0.0500. The highest BCUT2D eigenvalue weighted by Crippen LogP contribution is 2.39. The van der Waals surface area contributed by atoms with Crippen LogP contribution in [-0.4, -0.2) is 25.5 Å². The molecule has 0 amide bonds. The van der Waals surface area contributed by atoms with Crippen LogP contribution in [0.3, 0.4) is 0 Å². The van der Waals surface area contributed by atoms with Crippen molar-refractivity contribution < 1.29 is 5.11 Å². The maximum atomic E-state index is 10.5. The zero-order chi connectivity index (χ0) is 19.5. The van der Waals surface area contributed by atoms with Crippen LogP contribution in [0.15, 0.2) is 86.7 Å². The van der Waals surface area contributed by atoms with Crippen molar-refractivity contribution in [3.05, 3.63) is 77.2 Å². The Morgan fingerprint density at radius 2 is 1.82 bits per heavy atom. The number of rotatable bonds is 3. The molecule has 1 N–H and O–H groups in total. The van der Waals surface area contributed by atoms with Crippen LogP contribution in [0.5, 0.6) is 5.88 Å². The number of aryl methyl sites for hydroxylation is 1. The number of benzene rings is 1. The van der Waals surface area contributed by atoms with Gasteiger partial charge in [-0.3, -0.25) is 4.98 Å². The topological polar surface area (TPSA) is 88.0 Å². The van der Waals surface area contributed by atoms with Crippen LogP contribution in [0.2, 0.25) is 0 Å². The van der Waals surface area contributed by atoms with Gasteiger partial charge >= 0.3 is 0 Å². The van der Waals surface area contributed by atoms with Crippen molar-refractivity contribution in [1.29, 1.82) is 0 Å². The van der Waals surface area contributed by atoms with E-state index in [2.05, 4.69) is 41.1 Å². The van der Waals surface area contributed by atoms with Crippen molar-refractivity contribution in [3.8, 4) is 5.88 Å². The normalized spacial score (nSPS) is 12.1. The Balaban J connectivity index is 1.83. The Hall–Kier alpha value is -3.39. The first-order valence-electron chi connectivity index (χ1n) is 8.43. The standard InChI is InChI=1S/C20H15BrN6O/c1-27-16-9-8-13(21)12-14(16)18(20(27)28)25-26-19(15-6-2-4-10-22-15)24-17-7-3-5-11-23-17/h2-12,28H,1H3/b24-19-,26-25?. The van der Waals surface area contributed by atoms with E-state index in [9.17, 15) is 5.11 Å². The summed E-state index contributed by atoms with van der Waals surface area (Å²) in [5, 5.41) is 19.9. The number of azo groups is 1. The predicted molar refractivity (Wildman–Crippen MR) is 111 cm³/mol. The molecule has 8 heteroatoms. The average molecular weight is 435 g/mol. The number of pyridine rings is 2. The molecule has 3 heterocycles. The van der Waals surface area contributed by atoms with Crippen LogP contribution in [-0.2, 0) is 7.05 Å². The van der Waals surface area contributed by atoms with Gasteiger partial charge in [-0.1, -0.05) is 28.1 Å². The van der Waals surface area contributed by atoms with Gasteiger partial charge in [-0.15, -0.1) is 10.2 Å². The van der Waals surface area contributed by atoms with Gasteiger partial charge in [0.2, 0.25) is 11.7 Å². The number of aliphatic imine (C=N–C) groups is 1. The Labute approximate surface area is 169 Å². The molecule has 0 radical (unpaired) electrons. The molecule has 1 aromatic carbocycles. The summed E-state index contributed by atoms with van der Waals surface area (Å²) in [5.74, 6) is 0.813. The molecule has 0 aliphatic carbocycles. The molecule has 4 aromatic rings. The van der Waals surface area contributed by atoms with E-state index in [0.717, 1.165) is 15.4 Å². The summed E-state index contributed by atoms with van der Waals surface area (Å²) < 4.78 is 2.54. The van der Waals surface area contributed by atoms with Gasteiger partial charge in [0.25, 0.3) is 0 Å². The third-order valence-corrected chi connectivity index (χ3v) is 4.61. The van der Waals surface area contributed by atoms with Gasteiger partial charge < -0.3 is 9.67 Å². The van der Waals surface area contributed by atoms with Gasteiger partial charge in [0.05, 0.1) is 5.52 Å². The third-order valence-electron chi connectivity index (χ3n) is 4.11. The van der Waals surface area contributed by atoms with Crippen LogP contribution in [0.1, 0.15) is 5.69 Å². The molecule has 0 aliphatic heterocycles. The van der Waals surface area contributed by atoms with E-state index in [1.54, 1.807) is 36.1 Å². The van der Waals surface area contributed by atoms with E-state index in [1.807, 2.05) is 42.5 Å². The number of halogens is 1. The molecule has 4 rings (SSSR count). The number of nitrogens with zero attached hydrogens (tertiary/aromatic N) is 6. The number of fused-ring (bicyclic) bond motifs is 1. The largest absolute Gasteiger partial charge is 0.493 e. The van der Waals surface area contributed by atoms with Gasteiger partial charge in [-0.05, 0) is 42.5 Å². The summed E-state index contributed by atoms with van der Waals surface area (Å²) in [7, 11) is 1.77. The lowest BCUT2D eigenvalue weighted by atomic mass is 10.2. The first kappa shape index (κ1) is 18.0. The SMILES string of the molecule is Cn1c(O)c(N=N/C(=N\c2ccccn2)c2ccccn2)c2cc(Br)ccc21. The molecule has 0 spiro atoms. The van der Waals surface area contributed by atoms with Crippen LogP contribution in [0.25, 0.3) is 10.9 Å². The summed E-state index contributed by atoms with van der Waals surface area (Å²) in [4.78, 5) is 13.0. The number of hydrogen-bond donors (Lipinski definition) is 1. The number of hydrogen-bond acceptors (Lipinski definition) is 5. The maximum absolute atomic E-state index is 10.5. The van der Waals surface area contributed by atoms with Crippen LogP contribution in [0, 0.1) is 0 Å². The minimum atomic E-state index is 0.0232. The smallest absolute Gasteiger partial charge is 0.220 e. The zero-order valence-electron chi connectivity index (χ0n) is 14.9. The van der Waals surface area contributed by atoms with E-state index < -0.39 is 0 Å². The van der Waals surface area contributed by atoms with Gasteiger partial charge in [0.1, 0.15) is 5.69 Å². The summed E-state index contributed by atoms with van der Waals surface area (Å²) in [6.07, 6.45) is 3.31. The summed E-state index contributed by atoms with van der Waals surface area (Å²) in [6, 6.07) is 16.6. The van der Waals surface area contributed by atoms with Crippen LogP contribution < -0.4 is 0 Å². The van der Waals surface area contributed by atoms with Gasteiger partial charge in [-0.2, -0.15) is 0 Å². The van der Waals surface area contributed by atoms with E-state index in [0.29, 0.717) is 23.0 Å². The minimum Gasteiger partial charge on any atom is -0.493 e. The Morgan fingerprint density at radius 1 is 1.04 bits per heavy atom. The molecule has 0 saturated heterocycles. The first-order chi connectivity index (χ1) is 13.6. The van der Waals surface area contributed by atoms with Gasteiger partial charge in [0, 0.05) is 29.3 Å². The molecule has 0 fully saturated rings. The van der Waals surface area contributed by atoms with Gasteiger partial charge in [-0.25, -0.2) is 9.98 Å². The monoisotopic (exact) mass is 434 g/mol. The second kappa shape index (κ2) is 7.69. The van der Waals surface area contributed by atoms with Crippen molar-refractivity contribution in [1.82, 2.24) is 14.5 Å². The van der Waals surface area contributed by atoms with Crippen molar-refractivity contribution in [2.75, 3.05) is 0 Å². The molecule has 0 aliphatic rings. The Kier molecular flexibility index (Phi) is 4.94. The van der Waals surface area contributed by atoms with Crippen molar-refractivity contribution in [3.63, 3.8) is 0 Å². The molecular formula is C20H15BrN6O. The van der Waals surface area contributed by atoms with Crippen molar-refractivity contribution in [2.24, 2.45) is 22.3 Å². The lowest BCUT2D eigenvalue weighted by molar-refractivity contribution is 0.436. The lowest BCUT2D eigenvalue weighted by Crippen LogP contribution is -1.99. The van der Waals surface area contributed by atoms with E-state index in [1.165, 1.54) is 0 Å². The van der Waals surface area contributed by atoms with E-state index >= 15 is 0 Å². The first-order valence-corrected chi connectivity index (χ1v) is 9.22. The molecule has 3 aromatic heterocycles. The number of aromatic hydroxyl groups is 1. The highest BCUT2D eigenvalue weighted by molar-refractivity contribution is 9.10. The highest BCUT2D eigenvalue weighted by atomic mass is 79.9. The highest BCUT2D eigenvalue weighted by Gasteiger charge is 2.15. The summed E-state index contributed by atoms with van der Waals surface area (Å²) in [5.41, 5.74) is 1.76. The summed E-state index contributed by atoms with van der Waals surface area (Å²) in [6.45, 7) is 0. The fourth-order valence-corrected chi connectivity index (χ4v) is 3.10. The zero-order valence-corrected chi connectivity index (χ0v) is 16.4. The van der Waals surface area contributed by atoms with Crippen LogP contribution >= 0.6 is 15.9 Å². The second-order valence-electron chi connectivity index (χ2n) is 5.93. The molecule has 0 bridgehead atoms. The number of amidine groups is 1.